The van der Waals surface area contributed by atoms with Crippen LogP contribution in [0.5, 0.6) is 11.5 Å². The molecule has 1 aromatic carbocycles. The molecule has 1 amide bonds. The average molecular weight is 658 g/mol. The third kappa shape index (κ3) is 7.36. The molecule has 0 aliphatic carbocycles. The number of benzene rings is 1. The Morgan fingerprint density at radius 3 is 2.40 bits per heavy atom. The molecule has 45 heavy (non-hydrogen) atoms. The lowest BCUT2D eigenvalue weighted by Gasteiger charge is -2.34. The second-order valence-corrected chi connectivity index (χ2v) is 12.3. The van der Waals surface area contributed by atoms with Gasteiger partial charge in [0, 0.05) is 56.6 Å². The molecular formula is C31H38Cl2N8O4. The fraction of sp³-hybridized carbons (Fsp3) is 0.419. The lowest BCUT2D eigenvalue weighted by Crippen LogP contribution is -2.48. The van der Waals surface area contributed by atoms with Gasteiger partial charge in [-0.3, -0.25) is 14.1 Å². The molecule has 14 heteroatoms. The number of imidazole rings is 1. The Hall–Kier alpha value is -3.84. The van der Waals surface area contributed by atoms with Crippen LogP contribution in [0.25, 0.3) is 16.7 Å². The van der Waals surface area contributed by atoms with Gasteiger partial charge >= 0.3 is 0 Å². The number of pyridine rings is 1. The minimum atomic E-state index is -0.937. The van der Waals surface area contributed by atoms with E-state index in [0.29, 0.717) is 63.3 Å². The van der Waals surface area contributed by atoms with E-state index in [9.17, 15) is 9.90 Å². The van der Waals surface area contributed by atoms with Gasteiger partial charge in [0.1, 0.15) is 21.5 Å². The summed E-state index contributed by atoms with van der Waals surface area (Å²) in [5.41, 5.74) is 2.26. The van der Waals surface area contributed by atoms with Crippen LogP contribution in [0.2, 0.25) is 10.0 Å². The zero-order valence-corrected chi connectivity index (χ0v) is 27.4. The minimum Gasteiger partial charge on any atom is -0.495 e. The highest BCUT2D eigenvalue weighted by Gasteiger charge is 2.22. The van der Waals surface area contributed by atoms with Gasteiger partial charge < -0.3 is 30.1 Å². The highest BCUT2D eigenvalue weighted by atomic mass is 35.5. The second kappa shape index (κ2) is 13.7. The first-order valence-electron chi connectivity index (χ1n) is 14.7. The van der Waals surface area contributed by atoms with Crippen molar-refractivity contribution in [2.24, 2.45) is 0 Å². The minimum absolute atomic E-state index is 0.0202. The molecule has 3 N–H and O–H groups in total. The molecule has 0 spiro atoms. The van der Waals surface area contributed by atoms with Crippen molar-refractivity contribution in [1.29, 1.82) is 0 Å². The average Bonchev–Trinajstić information content (AvgIpc) is 3.46. The maximum absolute atomic E-state index is 11.9. The van der Waals surface area contributed by atoms with Crippen LogP contribution in [-0.2, 0) is 11.2 Å². The summed E-state index contributed by atoms with van der Waals surface area (Å²) < 4.78 is 12.8. The summed E-state index contributed by atoms with van der Waals surface area (Å²) in [7, 11) is 3.05. The van der Waals surface area contributed by atoms with E-state index < -0.39 is 5.60 Å². The number of aliphatic hydroxyl groups is 1. The quantitative estimate of drug-likeness (QED) is 0.183. The zero-order chi connectivity index (χ0) is 32.3. The molecule has 1 aliphatic heterocycles. The number of piperazine rings is 1. The van der Waals surface area contributed by atoms with Crippen molar-refractivity contribution in [3.63, 3.8) is 0 Å². The summed E-state index contributed by atoms with van der Waals surface area (Å²) in [5, 5.41) is 18.0. The van der Waals surface area contributed by atoms with E-state index in [1.54, 1.807) is 26.1 Å². The lowest BCUT2D eigenvalue weighted by molar-refractivity contribution is -0.127. The SMILES string of the molecule is C=CC(=O)N1CCN(CCCc2cn3c(n2)c(Nc2c(Cl)c(OC)cc(OC)c2Cl)cc2cnc(NCC(C)(C)O)nc23)CC1. The third-order valence-electron chi connectivity index (χ3n) is 7.60. The van der Waals surface area contributed by atoms with Crippen LogP contribution in [0.1, 0.15) is 26.0 Å². The predicted octanol–water partition coefficient (Wildman–Crippen LogP) is 4.79. The van der Waals surface area contributed by atoms with Crippen LogP contribution < -0.4 is 20.1 Å². The fourth-order valence-electron chi connectivity index (χ4n) is 5.21. The number of carbonyl (C=O) groups excluding carboxylic acids is 1. The molecule has 1 fully saturated rings. The summed E-state index contributed by atoms with van der Waals surface area (Å²) >= 11 is 13.4. The molecule has 4 heterocycles. The molecule has 0 bridgehead atoms. The monoisotopic (exact) mass is 656 g/mol. The highest BCUT2D eigenvalue weighted by Crippen LogP contribution is 2.45. The summed E-state index contributed by atoms with van der Waals surface area (Å²) in [6, 6.07) is 3.52. The van der Waals surface area contributed by atoms with Crippen LogP contribution in [0.4, 0.5) is 17.3 Å². The molecule has 240 valence electrons. The number of aromatic nitrogens is 4. The Morgan fingerprint density at radius 2 is 1.78 bits per heavy atom. The molecule has 1 saturated heterocycles. The molecule has 0 radical (unpaired) electrons. The molecule has 12 nitrogen and oxygen atoms in total. The van der Waals surface area contributed by atoms with Crippen molar-refractivity contribution in [2.75, 3.05) is 64.1 Å². The van der Waals surface area contributed by atoms with E-state index >= 15 is 0 Å². The Morgan fingerprint density at radius 1 is 1.09 bits per heavy atom. The number of aryl methyl sites for hydroxylation is 1. The standard InChI is InChI=1S/C31H38Cl2N8O4/c1-6-24(42)40-12-10-39(11-13-40)9-7-8-20-17-41-28-19(16-34-30(38-28)35-18-31(2,3)43)14-21(29(41)36-20)37-27-25(32)22(44-4)15-23(45-5)26(27)33/h6,14-17,37,43H,1,7-13,18H2,2-5H3,(H,34,35,38). The molecule has 1 aliphatic rings. The predicted molar refractivity (Wildman–Crippen MR) is 177 cm³/mol. The number of carbonyl (C=O) groups is 1. The van der Waals surface area contributed by atoms with Crippen LogP contribution >= 0.6 is 23.2 Å². The van der Waals surface area contributed by atoms with Gasteiger partial charge in [-0.2, -0.15) is 4.98 Å². The van der Waals surface area contributed by atoms with Crippen LogP contribution in [0, 0.1) is 0 Å². The molecule has 0 unspecified atom stereocenters. The maximum Gasteiger partial charge on any atom is 0.246 e. The van der Waals surface area contributed by atoms with Gasteiger partial charge in [-0.1, -0.05) is 29.8 Å². The van der Waals surface area contributed by atoms with Crippen LogP contribution in [0.3, 0.4) is 0 Å². The Bertz CT molecular complexity index is 1690. The molecule has 4 aromatic rings. The van der Waals surface area contributed by atoms with Gasteiger partial charge in [-0.15, -0.1) is 0 Å². The molecule has 3 aromatic heterocycles. The zero-order valence-electron chi connectivity index (χ0n) is 25.9. The number of fused-ring (bicyclic) bond motifs is 3. The van der Waals surface area contributed by atoms with E-state index in [-0.39, 0.29) is 12.5 Å². The number of hydrogen-bond donors (Lipinski definition) is 3. The van der Waals surface area contributed by atoms with Gasteiger partial charge in [-0.05, 0) is 45.4 Å². The number of nitrogens with one attached hydrogen (secondary N) is 2. The van der Waals surface area contributed by atoms with Crippen LogP contribution in [0.15, 0.2) is 37.2 Å². The maximum atomic E-state index is 11.9. The van der Waals surface area contributed by atoms with Crippen molar-refractivity contribution < 1.29 is 19.4 Å². The number of amides is 1. The Kier molecular flexibility index (Phi) is 9.88. The van der Waals surface area contributed by atoms with Gasteiger partial charge in [0.15, 0.2) is 11.3 Å². The molecule has 0 atom stereocenters. The summed E-state index contributed by atoms with van der Waals surface area (Å²) in [6.45, 7) is 11.2. The van der Waals surface area contributed by atoms with Crippen LogP contribution in [-0.4, -0.2) is 99.3 Å². The first-order valence-corrected chi connectivity index (χ1v) is 15.4. The van der Waals surface area contributed by atoms with Crippen molar-refractivity contribution in [1.82, 2.24) is 29.2 Å². The van der Waals surface area contributed by atoms with Crippen molar-refractivity contribution >= 4 is 63.1 Å². The number of nitrogens with zero attached hydrogens (tertiary/aromatic N) is 6. The number of anilines is 3. The summed E-state index contributed by atoms with van der Waals surface area (Å²) in [5.74, 6) is 1.18. The molecule has 0 saturated carbocycles. The van der Waals surface area contributed by atoms with Gasteiger partial charge in [0.25, 0.3) is 0 Å². The number of halogens is 2. The Labute approximate surface area is 271 Å². The van der Waals surface area contributed by atoms with Crippen molar-refractivity contribution in [3.05, 3.63) is 52.9 Å². The van der Waals surface area contributed by atoms with Gasteiger partial charge in [-0.25, -0.2) is 9.97 Å². The largest absolute Gasteiger partial charge is 0.495 e. The number of ether oxygens (including phenoxy) is 2. The second-order valence-electron chi connectivity index (χ2n) is 11.5. The topological polar surface area (TPSA) is 129 Å². The first-order chi connectivity index (χ1) is 21.5. The van der Waals surface area contributed by atoms with Crippen molar-refractivity contribution in [2.45, 2.75) is 32.3 Å². The molecular weight excluding hydrogens is 619 g/mol. The smallest absolute Gasteiger partial charge is 0.246 e. The third-order valence-corrected chi connectivity index (χ3v) is 8.35. The normalized spacial score (nSPS) is 14.2. The number of hydrogen-bond acceptors (Lipinski definition) is 10. The van der Waals surface area contributed by atoms with E-state index in [0.717, 1.165) is 43.6 Å². The van der Waals surface area contributed by atoms with Crippen molar-refractivity contribution in [3.8, 4) is 11.5 Å². The highest BCUT2D eigenvalue weighted by molar-refractivity contribution is 6.41. The van der Waals surface area contributed by atoms with E-state index in [4.69, 9.17) is 42.6 Å². The lowest BCUT2D eigenvalue weighted by atomic mass is 10.1. The van der Waals surface area contributed by atoms with E-state index in [1.807, 2.05) is 21.6 Å². The number of methoxy groups -OCH3 is 2. The first kappa shape index (κ1) is 32.6. The van der Waals surface area contributed by atoms with E-state index in [2.05, 4.69) is 27.1 Å². The van der Waals surface area contributed by atoms with E-state index in [1.165, 1.54) is 20.3 Å². The number of rotatable bonds is 12. The Balaban J connectivity index is 1.46. The van der Waals surface area contributed by atoms with Gasteiger partial charge in [0.05, 0.1) is 36.9 Å². The summed E-state index contributed by atoms with van der Waals surface area (Å²) in [4.78, 5) is 30.3. The fourth-order valence-corrected chi connectivity index (χ4v) is 5.80. The summed E-state index contributed by atoms with van der Waals surface area (Å²) in [6.07, 6.45) is 6.68. The van der Waals surface area contributed by atoms with Gasteiger partial charge in [0.2, 0.25) is 11.9 Å². The molecule has 5 rings (SSSR count).